The summed E-state index contributed by atoms with van der Waals surface area (Å²) in [6.45, 7) is 4.22. The number of aromatic nitrogens is 1. The predicted octanol–water partition coefficient (Wildman–Crippen LogP) is 3.72. The summed E-state index contributed by atoms with van der Waals surface area (Å²) in [6, 6.07) is 0. The van der Waals surface area contributed by atoms with Crippen LogP contribution >= 0.6 is 11.3 Å². The Kier molecular flexibility index (Phi) is 6.65. The number of thiazole rings is 1. The molecule has 0 bridgehead atoms. The van der Waals surface area contributed by atoms with Gasteiger partial charge in [-0.05, 0) is 13.3 Å². The summed E-state index contributed by atoms with van der Waals surface area (Å²) in [5, 5.41) is 12.9. The summed E-state index contributed by atoms with van der Waals surface area (Å²) in [4.78, 5) is 4.37. The number of nitrogens with zero attached hydrogens (tertiary/aromatic N) is 1. The number of rotatable bonds is 8. The Hall–Kier alpha value is -0.410. The minimum atomic E-state index is -0.202. The van der Waals surface area contributed by atoms with Gasteiger partial charge in [0, 0.05) is 17.5 Å². The molecular formula is C13H23NOS. The Labute approximate surface area is 103 Å². The van der Waals surface area contributed by atoms with E-state index in [-0.39, 0.29) is 6.10 Å². The highest BCUT2D eigenvalue weighted by Crippen LogP contribution is 2.14. The fourth-order valence-electron chi connectivity index (χ4n) is 1.78. The summed E-state index contributed by atoms with van der Waals surface area (Å²) in [7, 11) is 0. The van der Waals surface area contributed by atoms with Crippen LogP contribution in [0, 0.1) is 6.92 Å². The molecule has 1 N–H and O–H groups in total. The van der Waals surface area contributed by atoms with E-state index in [0.29, 0.717) is 0 Å². The largest absolute Gasteiger partial charge is 0.393 e. The molecule has 92 valence electrons. The highest BCUT2D eigenvalue weighted by molar-refractivity contribution is 7.09. The van der Waals surface area contributed by atoms with Crippen molar-refractivity contribution in [3.8, 4) is 0 Å². The zero-order chi connectivity index (χ0) is 11.8. The average molecular weight is 241 g/mol. The van der Waals surface area contributed by atoms with Crippen LogP contribution in [0.2, 0.25) is 0 Å². The van der Waals surface area contributed by atoms with Crippen molar-refractivity contribution in [2.45, 2.75) is 64.9 Å². The number of hydrogen-bond donors (Lipinski definition) is 1. The fraction of sp³-hybridized carbons (Fsp3) is 0.769. The van der Waals surface area contributed by atoms with Gasteiger partial charge >= 0.3 is 0 Å². The molecule has 0 amide bonds. The molecule has 1 heterocycles. The quantitative estimate of drug-likeness (QED) is 0.704. The topological polar surface area (TPSA) is 33.1 Å². The lowest BCUT2D eigenvalue weighted by molar-refractivity contribution is 0.161. The summed E-state index contributed by atoms with van der Waals surface area (Å²) >= 11 is 1.65. The molecule has 0 aliphatic rings. The van der Waals surface area contributed by atoms with E-state index in [1.54, 1.807) is 11.3 Å². The van der Waals surface area contributed by atoms with E-state index in [1.807, 2.05) is 12.3 Å². The first kappa shape index (κ1) is 13.7. The van der Waals surface area contributed by atoms with Crippen LogP contribution in [0.4, 0.5) is 0 Å². The second kappa shape index (κ2) is 7.80. The van der Waals surface area contributed by atoms with Crippen LogP contribution in [0.5, 0.6) is 0 Å². The van der Waals surface area contributed by atoms with Crippen LogP contribution in [0.1, 0.15) is 56.2 Å². The summed E-state index contributed by atoms with van der Waals surface area (Å²) < 4.78 is 0. The number of aliphatic hydroxyl groups is 1. The molecule has 0 saturated heterocycles. The monoisotopic (exact) mass is 241 g/mol. The molecule has 2 nitrogen and oxygen atoms in total. The van der Waals surface area contributed by atoms with Gasteiger partial charge in [0.2, 0.25) is 0 Å². The van der Waals surface area contributed by atoms with Crippen LogP contribution in [0.3, 0.4) is 0 Å². The zero-order valence-electron chi connectivity index (χ0n) is 10.4. The van der Waals surface area contributed by atoms with E-state index >= 15 is 0 Å². The molecule has 1 unspecified atom stereocenters. The van der Waals surface area contributed by atoms with Crippen molar-refractivity contribution >= 4 is 11.3 Å². The van der Waals surface area contributed by atoms with Crippen molar-refractivity contribution in [2.24, 2.45) is 0 Å². The lowest BCUT2D eigenvalue weighted by Gasteiger charge is -2.08. The number of aliphatic hydroxyl groups excluding tert-OH is 1. The normalized spacial score (nSPS) is 12.9. The number of unbranched alkanes of at least 4 members (excludes halogenated alkanes) is 4. The molecule has 16 heavy (non-hydrogen) atoms. The van der Waals surface area contributed by atoms with Gasteiger partial charge in [-0.3, -0.25) is 0 Å². The van der Waals surface area contributed by atoms with E-state index in [0.717, 1.165) is 30.0 Å². The molecule has 0 saturated carbocycles. The van der Waals surface area contributed by atoms with Crippen LogP contribution in [0.25, 0.3) is 0 Å². The first-order valence-electron chi connectivity index (χ1n) is 6.31. The molecule has 0 aliphatic carbocycles. The smallest absolute Gasteiger partial charge is 0.0953 e. The number of hydrogen-bond acceptors (Lipinski definition) is 3. The van der Waals surface area contributed by atoms with Gasteiger partial charge in [-0.1, -0.05) is 39.0 Å². The predicted molar refractivity (Wildman–Crippen MR) is 69.9 cm³/mol. The van der Waals surface area contributed by atoms with Crippen molar-refractivity contribution in [1.29, 1.82) is 0 Å². The molecule has 1 aromatic rings. The van der Waals surface area contributed by atoms with Crippen molar-refractivity contribution in [3.05, 3.63) is 16.1 Å². The second-order valence-corrected chi connectivity index (χ2v) is 5.39. The Morgan fingerprint density at radius 1 is 1.31 bits per heavy atom. The molecule has 1 aromatic heterocycles. The van der Waals surface area contributed by atoms with Crippen molar-refractivity contribution in [3.63, 3.8) is 0 Å². The van der Waals surface area contributed by atoms with Gasteiger partial charge in [-0.25, -0.2) is 4.98 Å². The van der Waals surface area contributed by atoms with Gasteiger partial charge in [-0.15, -0.1) is 11.3 Å². The van der Waals surface area contributed by atoms with E-state index in [2.05, 4.69) is 11.9 Å². The third kappa shape index (κ3) is 5.61. The van der Waals surface area contributed by atoms with E-state index in [9.17, 15) is 5.11 Å². The Morgan fingerprint density at radius 2 is 2.06 bits per heavy atom. The molecule has 3 heteroatoms. The van der Waals surface area contributed by atoms with E-state index < -0.39 is 0 Å². The van der Waals surface area contributed by atoms with E-state index in [4.69, 9.17) is 0 Å². The maximum atomic E-state index is 9.84. The second-order valence-electron chi connectivity index (χ2n) is 4.44. The van der Waals surface area contributed by atoms with Crippen LogP contribution in [-0.2, 0) is 6.42 Å². The maximum absolute atomic E-state index is 9.84. The van der Waals surface area contributed by atoms with Gasteiger partial charge in [0.1, 0.15) is 0 Å². The lowest BCUT2D eigenvalue weighted by Crippen LogP contribution is -2.10. The minimum absolute atomic E-state index is 0.202. The molecule has 0 aliphatic heterocycles. The van der Waals surface area contributed by atoms with Gasteiger partial charge in [0.05, 0.1) is 11.1 Å². The number of aryl methyl sites for hydroxylation is 1. The van der Waals surface area contributed by atoms with Gasteiger partial charge in [0.25, 0.3) is 0 Å². The van der Waals surface area contributed by atoms with Crippen LogP contribution in [0.15, 0.2) is 5.38 Å². The molecule has 0 radical (unpaired) electrons. The third-order valence-electron chi connectivity index (χ3n) is 2.72. The Balaban J connectivity index is 2.09. The highest BCUT2D eigenvalue weighted by atomic mass is 32.1. The molecule has 0 spiro atoms. The van der Waals surface area contributed by atoms with Gasteiger partial charge < -0.3 is 5.11 Å². The van der Waals surface area contributed by atoms with Crippen molar-refractivity contribution in [2.75, 3.05) is 0 Å². The SMILES string of the molecule is CCCCCCCC(O)Cc1nc(C)cs1. The summed E-state index contributed by atoms with van der Waals surface area (Å²) in [5.41, 5.74) is 1.06. The van der Waals surface area contributed by atoms with Crippen molar-refractivity contribution < 1.29 is 5.11 Å². The first-order chi connectivity index (χ1) is 7.72. The lowest BCUT2D eigenvalue weighted by atomic mass is 10.1. The first-order valence-corrected chi connectivity index (χ1v) is 7.19. The van der Waals surface area contributed by atoms with E-state index in [1.165, 1.54) is 25.7 Å². The van der Waals surface area contributed by atoms with Crippen molar-refractivity contribution in [1.82, 2.24) is 4.98 Å². The van der Waals surface area contributed by atoms with Gasteiger partial charge in [-0.2, -0.15) is 0 Å². The molecule has 1 atom stereocenters. The molecule has 0 aromatic carbocycles. The Bertz CT molecular complexity index is 285. The highest BCUT2D eigenvalue weighted by Gasteiger charge is 2.07. The van der Waals surface area contributed by atoms with Crippen LogP contribution < -0.4 is 0 Å². The third-order valence-corrected chi connectivity index (χ3v) is 3.71. The van der Waals surface area contributed by atoms with Crippen LogP contribution in [-0.4, -0.2) is 16.2 Å². The molecule has 0 fully saturated rings. The average Bonchev–Trinajstić information content (AvgIpc) is 2.63. The molecular weight excluding hydrogens is 218 g/mol. The standard InChI is InChI=1S/C13H23NOS/c1-3-4-5-6-7-8-12(15)9-13-14-11(2)10-16-13/h10,12,15H,3-9H2,1-2H3. The maximum Gasteiger partial charge on any atom is 0.0953 e. The summed E-state index contributed by atoms with van der Waals surface area (Å²) in [6.07, 6.45) is 7.75. The van der Waals surface area contributed by atoms with Gasteiger partial charge in [0.15, 0.2) is 0 Å². The fourth-order valence-corrected chi connectivity index (χ4v) is 2.63. The molecule has 1 rings (SSSR count). The zero-order valence-corrected chi connectivity index (χ0v) is 11.2. The summed E-state index contributed by atoms with van der Waals surface area (Å²) in [5.74, 6) is 0. The minimum Gasteiger partial charge on any atom is -0.393 e. The Morgan fingerprint density at radius 3 is 2.69 bits per heavy atom.